The van der Waals surface area contributed by atoms with Gasteiger partial charge in [0.1, 0.15) is 0 Å². The number of carbonyl (C=O) groups is 2. The van der Waals surface area contributed by atoms with Crippen LogP contribution in [0.5, 0.6) is 0 Å². The van der Waals surface area contributed by atoms with Gasteiger partial charge in [0, 0.05) is 31.7 Å². The number of benzene rings is 1. The number of nitrogens with one attached hydrogen (secondary N) is 1. The highest BCUT2D eigenvalue weighted by Crippen LogP contribution is 2.09. The number of hydrogen-bond donors (Lipinski definition) is 1. The molecule has 1 heterocycles. The molecule has 1 aromatic carbocycles. The van der Waals surface area contributed by atoms with Gasteiger partial charge in [0.15, 0.2) is 0 Å². The summed E-state index contributed by atoms with van der Waals surface area (Å²) in [4.78, 5) is 25.8. The standard InChI is InChI=1S/C15H20N2O2/c1-2-3-12-4-6-13(7-5-12)14(18)15(19)17-10-8-16-9-11-17/h4-7,16H,2-3,8-11H2,1H3. The molecule has 0 bridgehead atoms. The van der Waals surface area contributed by atoms with Gasteiger partial charge in [-0.25, -0.2) is 0 Å². The highest BCUT2D eigenvalue weighted by Gasteiger charge is 2.24. The second-order valence-electron chi connectivity index (χ2n) is 4.82. The van der Waals surface area contributed by atoms with Gasteiger partial charge in [-0.1, -0.05) is 37.6 Å². The van der Waals surface area contributed by atoms with Crippen LogP contribution in [0, 0.1) is 0 Å². The molecule has 102 valence electrons. The Bertz CT molecular complexity index is 448. The summed E-state index contributed by atoms with van der Waals surface area (Å²) in [6.07, 6.45) is 2.08. The summed E-state index contributed by atoms with van der Waals surface area (Å²) < 4.78 is 0. The lowest BCUT2D eigenvalue weighted by atomic mass is 10.0. The molecule has 1 fully saturated rings. The number of aryl methyl sites for hydroxylation is 1. The number of rotatable bonds is 4. The second-order valence-corrected chi connectivity index (χ2v) is 4.82. The molecular weight excluding hydrogens is 240 g/mol. The minimum atomic E-state index is -0.398. The van der Waals surface area contributed by atoms with E-state index in [1.165, 1.54) is 5.56 Å². The van der Waals surface area contributed by atoms with Gasteiger partial charge >= 0.3 is 0 Å². The van der Waals surface area contributed by atoms with Gasteiger partial charge in [-0.2, -0.15) is 0 Å². The summed E-state index contributed by atoms with van der Waals surface area (Å²) in [6, 6.07) is 7.38. The van der Waals surface area contributed by atoms with Crippen molar-refractivity contribution >= 4 is 11.7 Å². The number of hydrogen-bond acceptors (Lipinski definition) is 3. The molecule has 0 aliphatic carbocycles. The average molecular weight is 260 g/mol. The summed E-state index contributed by atoms with van der Waals surface area (Å²) in [5.74, 6) is -0.783. The predicted molar refractivity (Wildman–Crippen MR) is 74.2 cm³/mol. The molecule has 1 aromatic rings. The molecule has 1 aliphatic rings. The van der Waals surface area contributed by atoms with E-state index in [0.717, 1.165) is 25.9 Å². The summed E-state index contributed by atoms with van der Waals surface area (Å²) in [5.41, 5.74) is 1.69. The van der Waals surface area contributed by atoms with Crippen molar-refractivity contribution in [3.63, 3.8) is 0 Å². The van der Waals surface area contributed by atoms with Crippen molar-refractivity contribution in [1.29, 1.82) is 0 Å². The largest absolute Gasteiger partial charge is 0.333 e. The van der Waals surface area contributed by atoms with Crippen LogP contribution in [0.2, 0.25) is 0 Å². The molecule has 0 unspecified atom stereocenters. The van der Waals surface area contributed by atoms with Crippen molar-refractivity contribution in [2.75, 3.05) is 26.2 Å². The molecule has 4 heteroatoms. The Balaban J connectivity index is 2.03. The third-order valence-electron chi connectivity index (χ3n) is 3.35. The van der Waals surface area contributed by atoms with E-state index < -0.39 is 5.78 Å². The Morgan fingerprint density at radius 1 is 1.16 bits per heavy atom. The predicted octanol–water partition coefficient (Wildman–Crippen LogP) is 1.25. The van der Waals surface area contributed by atoms with Gasteiger partial charge in [-0.15, -0.1) is 0 Å². The van der Waals surface area contributed by atoms with Crippen LogP contribution in [-0.4, -0.2) is 42.8 Å². The first-order valence-corrected chi connectivity index (χ1v) is 6.85. The summed E-state index contributed by atoms with van der Waals surface area (Å²) in [5, 5.41) is 3.16. The Hall–Kier alpha value is -1.68. The van der Waals surface area contributed by atoms with E-state index in [1.807, 2.05) is 12.1 Å². The smallest absolute Gasteiger partial charge is 0.295 e. The average Bonchev–Trinajstić information content (AvgIpc) is 2.48. The maximum Gasteiger partial charge on any atom is 0.295 e. The van der Waals surface area contributed by atoms with Gasteiger partial charge in [0.05, 0.1) is 0 Å². The summed E-state index contributed by atoms with van der Waals surface area (Å²) in [6.45, 7) is 4.85. The van der Waals surface area contributed by atoms with Crippen molar-refractivity contribution in [2.24, 2.45) is 0 Å². The lowest BCUT2D eigenvalue weighted by Crippen LogP contribution is -2.48. The highest BCUT2D eigenvalue weighted by molar-refractivity contribution is 6.42. The quantitative estimate of drug-likeness (QED) is 0.655. The zero-order valence-electron chi connectivity index (χ0n) is 11.3. The van der Waals surface area contributed by atoms with E-state index in [9.17, 15) is 9.59 Å². The van der Waals surface area contributed by atoms with Crippen molar-refractivity contribution in [3.05, 3.63) is 35.4 Å². The van der Waals surface area contributed by atoms with Gasteiger partial charge in [0.25, 0.3) is 5.91 Å². The first kappa shape index (κ1) is 13.7. The van der Waals surface area contributed by atoms with E-state index in [0.29, 0.717) is 18.7 Å². The summed E-state index contributed by atoms with van der Waals surface area (Å²) >= 11 is 0. The van der Waals surface area contributed by atoms with E-state index in [2.05, 4.69) is 12.2 Å². The molecule has 4 nitrogen and oxygen atoms in total. The molecule has 1 N–H and O–H groups in total. The van der Waals surface area contributed by atoms with Crippen molar-refractivity contribution in [2.45, 2.75) is 19.8 Å². The van der Waals surface area contributed by atoms with E-state index in [-0.39, 0.29) is 5.91 Å². The Morgan fingerprint density at radius 3 is 2.37 bits per heavy atom. The Labute approximate surface area is 113 Å². The van der Waals surface area contributed by atoms with Gasteiger partial charge in [-0.3, -0.25) is 9.59 Å². The van der Waals surface area contributed by atoms with Crippen molar-refractivity contribution < 1.29 is 9.59 Å². The van der Waals surface area contributed by atoms with Crippen LogP contribution in [0.3, 0.4) is 0 Å². The molecule has 19 heavy (non-hydrogen) atoms. The van der Waals surface area contributed by atoms with E-state index in [1.54, 1.807) is 17.0 Å². The highest BCUT2D eigenvalue weighted by atomic mass is 16.2. The normalized spacial score (nSPS) is 15.3. The SMILES string of the molecule is CCCc1ccc(C(=O)C(=O)N2CCNCC2)cc1. The van der Waals surface area contributed by atoms with E-state index in [4.69, 9.17) is 0 Å². The van der Waals surface area contributed by atoms with Gasteiger partial charge in [0.2, 0.25) is 5.78 Å². The molecule has 2 rings (SSSR count). The Kier molecular flexibility index (Phi) is 4.68. The molecule has 0 radical (unpaired) electrons. The fourth-order valence-corrected chi connectivity index (χ4v) is 2.25. The topological polar surface area (TPSA) is 49.4 Å². The third-order valence-corrected chi connectivity index (χ3v) is 3.35. The van der Waals surface area contributed by atoms with Crippen LogP contribution in [-0.2, 0) is 11.2 Å². The second kappa shape index (κ2) is 6.48. The minimum absolute atomic E-state index is 0.384. The molecule has 0 aromatic heterocycles. The molecule has 1 amide bonds. The number of amides is 1. The van der Waals surface area contributed by atoms with E-state index >= 15 is 0 Å². The van der Waals surface area contributed by atoms with Crippen molar-refractivity contribution in [1.82, 2.24) is 10.2 Å². The molecular formula is C15H20N2O2. The molecule has 1 aliphatic heterocycles. The molecule has 0 atom stereocenters. The van der Waals surface area contributed by atoms with Crippen LogP contribution in [0.25, 0.3) is 0 Å². The lowest BCUT2D eigenvalue weighted by Gasteiger charge is -2.26. The van der Waals surface area contributed by atoms with Crippen LogP contribution in [0.1, 0.15) is 29.3 Å². The lowest BCUT2D eigenvalue weighted by molar-refractivity contribution is -0.126. The van der Waals surface area contributed by atoms with Crippen LogP contribution >= 0.6 is 0 Å². The number of Topliss-reactive ketones (excluding diaryl/α,β-unsaturated/α-hetero) is 1. The number of nitrogens with zero attached hydrogens (tertiary/aromatic N) is 1. The third kappa shape index (κ3) is 3.41. The zero-order chi connectivity index (χ0) is 13.7. The Morgan fingerprint density at radius 2 is 1.79 bits per heavy atom. The van der Waals surface area contributed by atoms with Gasteiger partial charge < -0.3 is 10.2 Å². The monoisotopic (exact) mass is 260 g/mol. The molecule has 0 saturated carbocycles. The minimum Gasteiger partial charge on any atom is -0.333 e. The van der Waals surface area contributed by atoms with Gasteiger partial charge in [-0.05, 0) is 12.0 Å². The number of carbonyl (C=O) groups excluding carboxylic acids is 2. The summed E-state index contributed by atoms with van der Waals surface area (Å²) in [7, 11) is 0. The number of ketones is 1. The maximum absolute atomic E-state index is 12.1. The van der Waals surface area contributed by atoms with Crippen LogP contribution in [0.15, 0.2) is 24.3 Å². The zero-order valence-corrected chi connectivity index (χ0v) is 11.3. The first-order chi connectivity index (χ1) is 9.22. The fraction of sp³-hybridized carbons (Fsp3) is 0.467. The first-order valence-electron chi connectivity index (χ1n) is 6.85. The fourth-order valence-electron chi connectivity index (χ4n) is 2.25. The molecule has 1 saturated heterocycles. The van der Waals surface area contributed by atoms with Crippen molar-refractivity contribution in [3.8, 4) is 0 Å². The molecule has 0 spiro atoms. The van der Waals surface area contributed by atoms with Crippen LogP contribution < -0.4 is 5.32 Å². The number of piperazine rings is 1. The maximum atomic E-state index is 12.1. The van der Waals surface area contributed by atoms with Crippen LogP contribution in [0.4, 0.5) is 0 Å².